The molecule has 90 valence electrons. The Labute approximate surface area is 104 Å². The van der Waals surface area contributed by atoms with Crippen molar-refractivity contribution in [2.24, 2.45) is 5.41 Å². The van der Waals surface area contributed by atoms with Gasteiger partial charge < -0.3 is 5.32 Å². The Hall–Kier alpha value is -1.33. The number of nitrogens with one attached hydrogen (secondary N) is 1. The molecule has 1 aromatic carbocycles. The molecule has 2 nitrogen and oxygen atoms in total. The molecule has 0 amide bonds. The molecule has 0 unspecified atom stereocenters. The average molecular weight is 228 g/mol. The summed E-state index contributed by atoms with van der Waals surface area (Å²) in [7, 11) is 0. The second-order valence-corrected chi connectivity index (χ2v) is 5.35. The monoisotopic (exact) mass is 228 g/mol. The summed E-state index contributed by atoms with van der Waals surface area (Å²) in [6.45, 7) is 5.28. The van der Waals surface area contributed by atoms with Crippen LogP contribution in [0.25, 0.3) is 0 Å². The van der Waals surface area contributed by atoms with Crippen molar-refractivity contribution in [3.63, 3.8) is 0 Å². The van der Waals surface area contributed by atoms with Crippen molar-refractivity contribution < 1.29 is 0 Å². The third-order valence-electron chi connectivity index (χ3n) is 3.74. The molecule has 0 spiro atoms. The minimum Gasteiger partial charge on any atom is -0.310 e. The lowest BCUT2D eigenvalue weighted by molar-refractivity contribution is 0.433. The average Bonchev–Trinajstić information content (AvgIpc) is 3.07. The lowest BCUT2D eigenvalue weighted by Gasteiger charge is -2.18. The molecule has 0 bridgehead atoms. The lowest BCUT2D eigenvalue weighted by atomic mass is 10.0. The molecule has 1 saturated carbocycles. The minimum absolute atomic E-state index is 0.285. The molecule has 1 aromatic rings. The van der Waals surface area contributed by atoms with Crippen molar-refractivity contribution in [2.75, 3.05) is 6.54 Å². The van der Waals surface area contributed by atoms with E-state index in [0.29, 0.717) is 12.5 Å². The number of nitrogens with zero attached hydrogens (tertiary/aromatic N) is 1. The van der Waals surface area contributed by atoms with Gasteiger partial charge in [-0.05, 0) is 37.7 Å². The number of nitriles is 1. The van der Waals surface area contributed by atoms with Crippen molar-refractivity contribution in [1.82, 2.24) is 5.32 Å². The van der Waals surface area contributed by atoms with Crippen LogP contribution in [0.3, 0.4) is 0 Å². The van der Waals surface area contributed by atoms with Gasteiger partial charge in [-0.25, -0.2) is 0 Å². The topological polar surface area (TPSA) is 35.8 Å². The number of rotatable bonds is 5. The summed E-state index contributed by atoms with van der Waals surface area (Å²) >= 11 is 0. The Morgan fingerprint density at radius 3 is 2.82 bits per heavy atom. The van der Waals surface area contributed by atoms with E-state index in [9.17, 15) is 0 Å². The van der Waals surface area contributed by atoms with E-state index in [1.807, 2.05) is 0 Å². The van der Waals surface area contributed by atoms with Crippen LogP contribution in [-0.4, -0.2) is 6.54 Å². The third kappa shape index (κ3) is 3.08. The largest absolute Gasteiger partial charge is 0.310 e. The van der Waals surface area contributed by atoms with Crippen LogP contribution in [0.4, 0.5) is 0 Å². The fraction of sp³-hybridized carbons (Fsp3) is 0.533. The molecule has 0 aliphatic heterocycles. The Balaban J connectivity index is 1.90. The SMILES string of the molecule is Cc1cccc([C@H](C)NCC2(CC#N)CC2)c1. The molecule has 17 heavy (non-hydrogen) atoms. The summed E-state index contributed by atoms with van der Waals surface area (Å²) in [6, 6.07) is 11.3. The normalized spacial score (nSPS) is 18.4. The van der Waals surface area contributed by atoms with E-state index in [1.165, 1.54) is 24.0 Å². The van der Waals surface area contributed by atoms with Gasteiger partial charge in [0.25, 0.3) is 0 Å². The van der Waals surface area contributed by atoms with Gasteiger partial charge in [0.15, 0.2) is 0 Å². The van der Waals surface area contributed by atoms with Gasteiger partial charge >= 0.3 is 0 Å². The Kier molecular flexibility index (Phi) is 3.49. The van der Waals surface area contributed by atoms with Gasteiger partial charge in [0.05, 0.1) is 6.07 Å². The predicted octanol–water partition coefficient (Wildman–Crippen LogP) is 3.34. The van der Waals surface area contributed by atoms with Crippen molar-refractivity contribution >= 4 is 0 Å². The molecule has 1 N–H and O–H groups in total. The first-order valence-electron chi connectivity index (χ1n) is 6.32. The minimum atomic E-state index is 0.285. The zero-order valence-electron chi connectivity index (χ0n) is 10.7. The summed E-state index contributed by atoms with van der Waals surface area (Å²) in [5.41, 5.74) is 2.92. The van der Waals surface area contributed by atoms with E-state index in [4.69, 9.17) is 5.26 Å². The molecule has 0 saturated heterocycles. The second-order valence-electron chi connectivity index (χ2n) is 5.35. The van der Waals surface area contributed by atoms with E-state index in [1.54, 1.807) is 0 Å². The maximum absolute atomic E-state index is 8.78. The van der Waals surface area contributed by atoms with Crippen molar-refractivity contribution in [2.45, 2.75) is 39.2 Å². The van der Waals surface area contributed by atoms with Crippen LogP contribution in [0.2, 0.25) is 0 Å². The molecule has 2 heteroatoms. The highest BCUT2D eigenvalue weighted by Gasteiger charge is 2.42. The van der Waals surface area contributed by atoms with Gasteiger partial charge in [0.2, 0.25) is 0 Å². The summed E-state index contributed by atoms with van der Waals surface area (Å²) in [5, 5.41) is 12.3. The van der Waals surface area contributed by atoms with Crippen LogP contribution >= 0.6 is 0 Å². The van der Waals surface area contributed by atoms with E-state index >= 15 is 0 Å². The van der Waals surface area contributed by atoms with E-state index < -0.39 is 0 Å². The fourth-order valence-corrected chi connectivity index (χ4v) is 2.19. The Morgan fingerprint density at radius 1 is 1.47 bits per heavy atom. The highest BCUT2D eigenvalue weighted by Crippen LogP contribution is 2.48. The fourth-order valence-electron chi connectivity index (χ4n) is 2.19. The molecule has 2 rings (SSSR count). The number of hydrogen-bond acceptors (Lipinski definition) is 2. The van der Waals surface area contributed by atoms with E-state index in [0.717, 1.165) is 6.54 Å². The van der Waals surface area contributed by atoms with Crippen LogP contribution in [-0.2, 0) is 0 Å². The smallest absolute Gasteiger partial charge is 0.0628 e. The maximum Gasteiger partial charge on any atom is 0.0628 e. The van der Waals surface area contributed by atoms with Crippen molar-refractivity contribution in [3.8, 4) is 6.07 Å². The standard InChI is InChI=1S/C15H20N2/c1-12-4-3-5-14(10-12)13(2)17-11-15(6-7-15)8-9-16/h3-5,10,13,17H,6-8,11H2,1-2H3/t13-/m0/s1. The van der Waals surface area contributed by atoms with Gasteiger partial charge in [-0.15, -0.1) is 0 Å². The van der Waals surface area contributed by atoms with Crippen LogP contribution in [0.5, 0.6) is 0 Å². The molecular weight excluding hydrogens is 208 g/mol. The molecular formula is C15H20N2. The van der Waals surface area contributed by atoms with Gasteiger partial charge in [-0.3, -0.25) is 0 Å². The molecule has 1 aliphatic rings. The van der Waals surface area contributed by atoms with Crippen LogP contribution in [0.1, 0.15) is 43.4 Å². The highest BCUT2D eigenvalue weighted by molar-refractivity contribution is 5.24. The van der Waals surface area contributed by atoms with Gasteiger partial charge in [0.1, 0.15) is 0 Å². The predicted molar refractivity (Wildman–Crippen MR) is 69.5 cm³/mol. The number of aryl methyl sites for hydroxylation is 1. The summed E-state index contributed by atoms with van der Waals surface area (Å²) in [6.07, 6.45) is 3.10. The van der Waals surface area contributed by atoms with Crippen molar-refractivity contribution in [3.05, 3.63) is 35.4 Å². The van der Waals surface area contributed by atoms with Gasteiger partial charge in [-0.2, -0.15) is 5.26 Å². The highest BCUT2D eigenvalue weighted by atomic mass is 14.9. The van der Waals surface area contributed by atoms with Gasteiger partial charge in [0, 0.05) is 19.0 Å². The van der Waals surface area contributed by atoms with Gasteiger partial charge in [-0.1, -0.05) is 29.8 Å². The van der Waals surface area contributed by atoms with Crippen LogP contribution in [0.15, 0.2) is 24.3 Å². The third-order valence-corrected chi connectivity index (χ3v) is 3.74. The Bertz CT molecular complexity index is 427. The molecule has 0 heterocycles. The van der Waals surface area contributed by atoms with E-state index in [-0.39, 0.29) is 5.41 Å². The number of benzene rings is 1. The number of hydrogen-bond donors (Lipinski definition) is 1. The molecule has 0 radical (unpaired) electrons. The summed E-state index contributed by atoms with van der Waals surface area (Å²) in [4.78, 5) is 0. The Morgan fingerprint density at radius 2 is 2.24 bits per heavy atom. The van der Waals surface area contributed by atoms with E-state index in [2.05, 4.69) is 49.5 Å². The second kappa shape index (κ2) is 4.89. The quantitative estimate of drug-likeness (QED) is 0.839. The molecule has 1 aliphatic carbocycles. The summed E-state index contributed by atoms with van der Waals surface area (Å²) < 4.78 is 0. The first kappa shape index (κ1) is 12.1. The molecule has 1 atom stereocenters. The summed E-state index contributed by atoms with van der Waals surface area (Å²) in [5.74, 6) is 0. The first-order chi connectivity index (χ1) is 8.15. The zero-order chi connectivity index (χ0) is 12.3. The zero-order valence-corrected chi connectivity index (χ0v) is 10.7. The van der Waals surface area contributed by atoms with Crippen LogP contribution in [0, 0.1) is 23.7 Å². The molecule has 0 aromatic heterocycles. The first-order valence-corrected chi connectivity index (χ1v) is 6.32. The lowest BCUT2D eigenvalue weighted by Crippen LogP contribution is -2.26. The van der Waals surface area contributed by atoms with Crippen LogP contribution < -0.4 is 5.32 Å². The van der Waals surface area contributed by atoms with Crippen molar-refractivity contribution in [1.29, 1.82) is 5.26 Å². The molecule has 1 fully saturated rings. The maximum atomic E-state index is 8.78.